The predicted molar refractivity (Wildman–Crippen MR) is 89.9 cm³/mol. The van der Waals surface area contributed by atoms with Gasteiger partial charge in [0, 0.05) is 5.02 Å². The van der Waals surface area contributed by atoms with Crippen LogP contribution in [0.15, 0.2) is 46.9 Å². The minimum absolute atomic E-state index is 0.199. The van der Waals surface area contributed by atoms with E-state index in [0.717, 1.165) is 5.56 Å². The quantitative estimate of drug-likeness (QED) is 0.575. The molecule has 0 spiro atoms. The number of oxazole rings is 1. The molecule has 0 bridgehead atoms. The van der Waals surface area contributed by atoms with Gasteiger partial charge in [0.15, 0.2) is 5.58 Å². The number of thiocarbonyl (C=S) groups is 1. The highest BCUT2D eigenvalue weighted by molar-refractivity contribution is 7.80. The first kappa shape index (κ1) is 14.3. The molecular formula is C15H10ClNO2S2. The normalized spacial score (nSPS) is 10.8. The van der Waals surface area contributed by atoms with Gasteiger partial charge >= 0.3 is 0 Å². The van der Waals surface area contributed by atoms with Gasteiger partial charge in [-0.15, -0.1) is 0 Å². The third-order valence-electron chi connectivity index (χ3n) is 2.95. The Hall–Kier alpha value is -1.69. The van der Waals surface area contributed by atoms with Crippen molar-refractivity contribution < 1.29 is 9.15 Å². The van der Waals surface area contributed by atoms with E-state index in [1.165, 1.54) is 0 Å². The number of aryl methyl sites for hydroxylation is 1. The first-order valence-electron chi connectivity index (χ1n) is 6.14. The van der Waals surface area contributed by atoms with E-state index in [0.29, 0.717) is 21.9 Å². The zero-order chi connectivity index (χ0) is 15.0. The van der Waals surface area contributed by atoms with Crippen LogP contribution in [0.25, 0.3) is 11.1 Å². The zero-order valence-corrected chi connectivity index (χ0v) is 13.4. The molecule has 0 N–H and O–H groups in total. The molecule has 0 fully saturated rings. The average Bonchev–Trinajstić information content (AvgIpc) is 2.76. The number of nitrogens with zero attached hydrogens (tertiary/aromatic N) is 1. The fraction of sp³-hybridized carbons (Fsp3) is 0.0667. The number of fused-ring (bicyclic) bond motifs is 1. The number of hydrogen-bond acceptors (Lipinski definition) is 4. The molecule has 1 aromatic heterocycles. The van der Waals surface area contributed by atoms with Crippen LogP contribution in [0.3, 0.4) is 0 Å². The summed E-state index contributed by atoms with van der Waals surface area (Å²) in [6.07, 6.45) is 0. The van der Waals surface area contributed by atoms with E-state index in [-0.39, 0.29) is 10.0 Å². The molecule has 6 heteroatoms. The van der Waals surface area contributed by atoms with E-state index < -0.39 is 0 Å². The summed E-state index contributed by atoms with van der Waals surface area (Å²) >= 11 is 16.5. The molecule has 21 heavy (non-hydrogen) atoms. The van der Waals surface area contributed by atoms with Crippen LogP contribution in [-0.2, 0) is 0 Å². The monoisotopic (exact) mass is 335 g/mol. The standard InChI is InChI=1S/C15H10ClNO2S2/c1-9-2-5-11(6-3-9)18-14(20)17-12-8-10(16)4-7-13(12)19-15(17)21/h2-8H,1H3. The molecule has 2 aromatic carbocycles. The summed E-state index contributed by atoms with van der Waals surface area (Å²) in [5.41, 5.74) is 2.44. The van der Waals surface area contributed by atoms with Crippen molar-refractivity contribution in [3.05, 3.63) is 57.9 Å². The van der Waals surface area contributed by atoms with Crippen molar-refractivity contribution in [1.29, 1.82) is 0 Å². The van der Waals surface area contributed by atoms with Crippen LogP contribution in [0.2, 0.25) is 5.02 Å². The molecule has 0 saturated heterocycles. The van der Waals surface area contributed by atoms with E-state index in [1.54, 1.807) is 22.8 Å². The van der Waals surface area contributed by atoms with Gasteiger partial charge in [-0.1, -0.05) is 29.3 Å². The largest absolute Gasteiger partial charge is 0.431 e. The lowest BCUT2D eigenvalue weighted by Gasteiger charge is -2.08. The fourth-order valence-corrected chi connectivity index (χ4v) is 2.69. The van der Waals surface area contributed by atoms with E-state index in [9.17, 15) is 0 Å². The van der Waals surface area contributed by atoms with Gasteiger partial charge in [-0.2, -0.15) is 0 Å². The van der Waals surface area contributed by atoms with Crippen LogP contribution in [0.4, 0.5) is 0 Å². The van der Waals surface area contributed by atoms with Crippen molar-refractivity contribution >= 4 is 52.3 Å². The summed E-state index contributed by atoms with van der Waals surface area (Å²) in [6, 6.07) is 12.8. The molecule has 3 aromatic rings. The first-order valence-corrected chi connectivity index (χ1v) is 7.34. The lowest BCUT2D eigenvalue weighted by molar-refractivity contribution is 0.520. The number of aromatic nitrogens is 1. The Balaban J connectivity index is 2.01. The van der Waals surface area contributed by atoms with Gasteiger partial charge in [-0.25, -0.2) is 4.57 Å². The summed E-state index contributed by atoms with van der Waals surface area (Å²) in [5.74, 6) is 0.642. The lowest BCUT2D eigenvalue weighted by Crippen LogP contribution is -2.16. The van der Waals surface area contributed by atoms with Gasteiger partial charge in [0.05, 0.1) is 5.52 Å². The number of ether oxygens (including phenoxy) is 1. The Morgan fingerprint density at radius 1 is 1.19 bits per heavy atom. The third kappa shape index (κ3) is 2.85. The summed E-state index contributed by atoms with van der Waals surface area (Å²) < 4.78 is 12.7. The van der Waals surface area contributed by atoms with Crippen molar-refractivity contribution in [2.75, 3.05) is 0 Å². The maximum absolute atomic E-state index is 6.01. The summed E-state index contributed by atoms with van der Waals surface area (Å²) in [4.78, 5) is 0.226. The van der Waals surface area contributed by atoms with Crippen molar-refractivity contribution in [1.82, 2.24) is 4.57 Å². The highest BCUT2D eigenvalue weighted by Crippen LogP contribution is 2.23. The molecule has 106 valence electrons. The zero-order valence-electron chi connectivity index (χ0n) is 11.0. The minimum Gasteiger partial charge on any atom is -0.431 e. The Morgan fingerprint density at radius 3 is 2.62 bits per heavy atom. The summed E-state index contributed by atoms with van der Waals surface area (Å²) in [6.45, 7) is 2.00. The molecule has 1 heterocycles. The topological polar surface area (TPSA) is 27.3 Å². The average molecular weight is 336 g/mol. The first-order chi connectivity index (χ1) is 10.0. The van der Waals surface area contributed by atoms with Crippen molar-refractivity contribution in [3.63, 3.8) is 0 Å². The molecule has 0 amide bonds. The molecule has 3 nitrogen and oxygen atoms in total. The van der Waals surface area contributed by atoms with Gasteiger partial charge < -0.3 is 9.15 Å². The smallest absolute Gasteiger partial charge is 0.277 e. The van der Waals surface area contributed by atoms with Crippen molar-refractivity contribution in [2.45, 2.75) is 6.92 Å². The highest BCUT2D eigenvalue weighted by Gasteiger charge is 2.13. The van der Waals surface area contributed by atoms with Gasteiger partial charge in [0.25, 0.3) is 10.0 Å². The Morgan fingerprint density at radius 2 is 1.90 bits per heavy atom. The molecule has 0 aliphatic rings. The van der Waals surface area contributed by atoms with Crippen LogP contribution >= 0.6 is 36.0 Å². The van der Waals surface area contributed by atoms with Crippen LogP contribution in [-0.4, -0.2) is 9.74 Å². The molecule has 0 unspecified atom stereocenters. The van der Waals surface area contributed by atoms with Crippen LogP contribution in [0, 0.1) is 11.8 Å². The van der Waals surface area contributed by atoms with Crippen LogP contribution in [0.1, 0.15) is 5.56 Å². The van der Waals surface area contributed by atoms with Crippen LogP contribution in [0.5, 0.6) is 5.75 Å². The molecule has 0 aliphatic carbocycles. The fourth-order valence-electron chi connectivity index (χ4n) is 1.92. The number of hydrogen-bond donors (Lipinski definition) is 0. The number of rotatable bonds is 1. The Kier molecular flexibility index (Phi) is 3.80. The third-order valence-corrected chi connectivity index (χ3v) is 3.72. The highest BCUT2D eigenvalue weighted by atomic mass is 35.5. The molecule has 0 saturated carbocycles. The van der Waals surface area contributed by atoms with E-state index >= 15 is 0 Å². The van der Waals surface area contributed by atoms with Gasteiger partial charge in [0.2, 0.25) is 0 Å². The van der Waals surface area contributed by atoms with E-state index in [2.05, 4.69) is 0 Å². The van der Waals surface area contributed by atoms with Gasteiger partial charge in [-0.3, -0.25) is 0 Å². The maximum atomic E-state index is 6.01. The predicted octanol–water partition coefficient (Wildman–Crippen LogP) is 5.14. The van der Waals surface area contributed by atoms with Gasteiger partial charge in [-0.05, 0) is 61.7 Å². The summed E-state index contributed by atoms with van der Waals surface area (Å²) in [5, 5.41) is 0.773. The van der Waals surface area contributed by atoms with Crippen molar-refractivity contribution in [3.8, 4) is 5.75 Å². The minimum atomic E-state index is 0.199. The van der Waals surface area contributed by atoms with Crippen molar-refractivity contribution in [2.24, 2.45) is 0 Å². The van der Waals surface area contributed by atoms with E-state index in [4.69, 9.17) is 45.2 Å². The second-order valence-corrected chi connectivity index (χ2v) is 5.63. The Bertz CT molecular complexity index is 881. The summed E-state index contributed by atoms with van der Waals surface area (Å²) in [7, 11) is 0. The Labute approximate surface area is 136 Å². The van der Waals surface area contributed by atoms with E-state index in [1.807, 2.05) is 31.2 Å². The maximum Gasteiger partial charge on any atom is 0.277 e. The number of halogens is 1. The SMILES string of the molecule is Cc1ccc(OC(=S)n2c(=S)oc3ccc(Cl)cc32)cc1. The molecule has 3 rings (SSSR count). The molecular weight excluding hydrogens is 326 g/mol. The lowest BCUT2D eigenvalue weighted by atomic mass is 10.2. The number of benzene rings is 2. The molecule has 0 radical (unpaired) electrons. The van der Waals surface area contributed by atoms with Gasteiger partial charge in [0.1, 0.15) is 5.75 Å². The second kappa shape index (κ2) is 5.60. The molecule has 0 aliphatic heterocycles. The molecule has 0 atom stereocenters. The van der Waals surface area contributed by atoms with Crippen LogP contribution < -0.4 is 4.74 Å². The second-order valence-electron chi connectivity index (χ2n) is 4.50.